The molecule has 2 saturated heterocycles. The molecule has 2 unspecified atom stereocenters. The van der Waals surface area contributed by atoms with Gasteiger partial charge in [0.15, 0.2) is 0 Å². The first kappa shape index (κ1) is 20.5. The van der Waals surface area contributed by atoms with E-state index in [4.69, 9.17) is 9.47 Å². The highest BCUT2D eigenvalue weighted by molar-refractivity contribution is 6.05. The van der Waals surface area contributed by atoms with Crippen LogP contribution in [0.3, 0.4) is 0 Å². The lowest BCUT2D eigenvalue weighted by Gasteiger charge is -2.30. The highest BCUT2D eigenvalue weighted by Gasteiger charge is 2.40. The van der Waals surface area contributed by atoms with E-state index < -0.39 is 6.04 Å². The van der Waals surface area contributed by atoms with E-state index in [1.54, 1.807) is 18.1 Å². The number of nitrogens with zero attached hydrogens (tertiary/aromatic N) is 2. The van der Waals surface area contributed by atoms with E-state index >= 15 is 0 Å². The van der Waals surface area contributed by atoms with Crippen molar-refractivity contribution in [2.75, 3.05) is 20.2 Å². The predicted octanol–water partition coefficient (Wildman–Crippen LogP) is 1.47. The summed E-state index contributed by atoms with van der Waals surface area (Å²) in [6.45, 7) is 2.37. The zero-order valence-corrected chi connectivity index (χ0v) is 17.8. The topological polar surface area (TPSA) is 88.2 Å². The zero-order chi connectivity index (χ0) is 21.5. The molecule has 5 rings (SSSR count). The molecular formula is C23H29N3O5. The maximum atomic E-state index is 12.9. The molecule has 1 saturated carbocycles. The minimum Gasteiger partial charge on any atom is -0.489 e. The second-order valence-corrected chi connectivity index (χ2v) is 9.01. The van der Waals surface area contributed by atoms with Crippen molar-refractivity contribution in [3.63, 3.8) is 0 Å². The Bertz CT molecular complexity index is 903. The first-order valence-corrected chi connectivity index (χ1v) is 11.2. The van der Waals surface area contributed by atoms with Crippen LogP contribution in [0.2, 0.25) is 0 Å². The molecule has 8 nitrogen and oxygen atoms in total. The lowest BCUT2D eigenvalue weighted by molar-refractivity contribution is -0.136. The Morgan fingerprint density at radius 2 is 1.97 bits per heavy atom. The normalized spacial score (nSPS) is 31.3. The van der Waals surface area contributed by atoms with E-state index in [0.29, 0.717) is 30.7 Å². The van der Waals surface area contributed by atoms with Crippen molar-refractivity contribution in [2.24, 2.45) is 0 Å². The summed E-state index contributed by atoms with van der Waals surface area (Å²) >= 11 is 0. The van der Waals surface area contributed by atoms with Gasteiger partial charge in [-0.1, -0.05) is 0 Å². The largest absolute Gasteiger partial charge is 0.489 e. The lowest BCUT2D eigenvalue weighted by Crippen LogP contribution is -2.52. The first-order chi connectivity index (χ1) is 15.0. The number of ether oxygens (including phenoxy) is 2. The Morgan fingerprint density at radius 1 is 1.10 bits per heavy atom. The molecule has 0 bridgehead atoms. The number of hydrogen-bond acceptors (Lipinski definition) is 6. The van der Waals surface area contributed by atoms with Crippen LogP contribution in [-0.4, -0.2) is 72.0 Å². The third-order valence-electron chi connectivity index (χ3n) is 7.18. The van der Waals surface area contributed by atoms with E-state index in [1.807, 2.05) is 12.1 Å². The number of amides is 3. The van der Waals surface area contributed by atoms with Gasteiger partial charge in [-0.2, -0.15) is 0 Å². The molecule has 0 radical (unpaired) electrons. The number of likely N-dealkylation sites (tertiary alicyclic amines) is 1. The number of piperidine rings is 1. The van der Waals surface area contributed by atoms with Crippen molar-refractivity contribution in [3.05, 3.63) is 29.3 Å². The molecule has 166 valence electrons. The monoisotopic (exact) mass is 427 g/mol. The number of imide groups is 1. The van der Waals surface area contributed by atoms with Crippen LogP contribution < -0.4 is 10.1 Å². The molecule has 0 spiro atoms. The van der Waals surface area contributed by atoms with Gasteiger partial charge in [-0.05, 0) is 55.9 Å². The minimum absolute atomic E-state index is 0.136. The molecule has 4 atom stereocenters. The highest BCUT2D eigenvalue weighted by Crippen LogP contribution is 2.34. The third-order valence-corrected chi connectivity index (χ3v) is 7.18. The van der Waals surface area contributed by atoms with Crippen LogP contribution in [0.25, 0.3) is 0 Å². The van der Waals surface area contributed by atoms with Gasteiger partial charge >= 0.3 is 0 Å². The Balaban J connectivity index is 1.27. The van der Waals surface area contributed by atoms with Gasteiger partial charge in [0.2, 0.25) is 11.8 Å². The second kappa shape index (κ2) is 8.24. The maximum absolute atomic E-state index is 12.9. The summed E-state index contributed by atoms with van der Waals surface area (Å²) in [5.41, 5.74) is 1.49. The molecule has 1 aliphatic carbocycles. The van der Waals surface area contributed by atoms with Crippen LogP contribution in [0, 0.1) is 0 Å². The van der Waals surface area contributed by atoms with Crippen LogP contribution in [0.5, 0.6) is 5.75 Å². The quantitative estimate of drug-likeness (QED) is 0.716. The number of hydrogen-bond donors (Lipinski definition) is 1. The molecule has 31 heavy (non-hydrogen) atoms. The van der Waals surface area contributed by atoms with Crippen LogP contribution in [-0.2, 0) is 20.9 Å². The predicted molar refractivity (Wildman–Crippen MR) is 112 cm³/mol. The van der Waals surface area contributed by atoms with E-state index in [9.17, 15) is 14.4 Å². The van der Waals surface area contributed by atoms with Crippen molar-refractivity contribution in [1.82, 2.24) is 15.1 Å². The number of rotatable bonds is 5. The number of benzene rings is 1. The van der Waals surface area contributed by atoms with Gasteiger partial charge in [-0.3, -0.25) is 24.6 Å². The van der Waals surface area contributed by atoms with Crippen molar-refractivity contribution in [3.8, 4) is 5.75 Å². The van der Waals surface area contributed by atoms with Crippen molar-refractivity contribution < 1.29 is 23.9 Å². The fourth-order valence-electron chi connectivity index (χ4n) is 5.51. The molecule has 1 N–H and O–H groups in total. The molecule has 0 aromatic heterocycles. The molecule has 1 aromatic rings. The maximum Gasteiger partial charge on any atom is 0.255 e. The highest BCUT2D eigenvalue weighted by atomic mass is 16.5. The lowest BCUT2D eigenvalue weighted by atomic mass is 10.0. The van der Waals surface area contributed by atoms with Crippen molar-refractivity contribution >= 4 is 17.7 Å². The summed E-state index contributed by atoms with van der Waals surface area (Å²) in [5, 5.41) is 2.34. The molecule has 1 aromatic carbocycles. The number of carbonyl (C=O) groups excluding carboxylic acids is 3. The number of carbonyl (C=O) groups is 3. The van der Waals surface area contributed by atoms with E-state index in [-0.39, 0.29) is 30.2 Å². The van der Waals surface area contributed by atoms with Crippen molar-refractivity contribution in [1.29, 1.82) is 0 Å². The Hall–Kier alpha value is -2.45. The standard InChI is InChI=1S/C23H29N3O5/c1-30-16-9-10-25(13-16)18-3-2-4-20(18)31-15-5-6-17-14(11-15)12-26(23(17)29)19-7-8-21(27)24-22(19)28/h5-6,11,16,18-20H,2-4,7-10,12-13H2,1H3,(H,24,27,28)/t16?,18-,19?,20+/m0/s1. The fourth-order valence-corrected chi connectivity index (χ4v) is 5.51. The van der Waals surface area contributed by atoms with Gasteiger partial charge in [0.25, 0.3) is 5.91 Å². The van der Waals surface area contributed by atoms with Crippen LogP contribution in [0.15, 0.2) is 18.2 Å². The smallest absolute Gasteiger partial charge is 0.255 e. The molecule has 3 heterocycles. The zero-order valence-electron chi connectivity index (χ0n) is 17.8. The molecule has 3 aliphatic heterocycles. The summed E-state index contributed by atoms with van der Waals surface area (Å²) in [6.07, 6.45) is 5.45. The van der Waals surface area contributed by atoms with Gasteiger partial charge in [0, 0.05) is 44.8 Å². The summed E-state index contributed by atoms with van der Waals surface area (Å²) < 4.78 is 11.9. The second-order valence-electron chi connectivity index (χ2n) is 9.01. The number of methoxy groups -OCH3 is 1. The first-order valence-electron chi connectivity index (χ1n) is 11.2. The Kier molecular flexibility index (Phi) is 5.44. The van der Waals surface area contributed by atoms with Gasteiger partial charge < -0.3 is 14.4 Å². The third kappa shape index (κ3) is 3.83. The molecule has 3 fully saturated rings. The van der Waals surface area contributed by atoms with Crippen LogP contribution >= 0.6 is 0 Å². The van der Waals surface area contributed by atoms with Crippen LogP contribution in [0.4, 0.5) is 0 Å². The summed E-state index contributed by atoms with van der Waals surface area (Å²) in [4.78, 5) is 40.6. The Morgan fingerprint density at radius 3 is 2.74 bits per heavy atom. The van der Waals surface area contributed by atoms with Gasteiger partial charge in [-0.15, -0.1) is 0 Å². The number of nitrogens with one attached hydrogen (secondary N) is 1. The fraction of sp³-hybridized carbons (Fsp3) is 0.609. The van der Waals surface area contributed by atoms with Gasteiger partial charge in [0.1, 0.15) is 17.9 Å². The summed E-state index contributed by atoms with van der Waals surface area (Å²) in [7, 11) is 1.78. The molecule has 3 amide bonds. The summed E-state index contributed by atoms with van der Waals surface area (Å²) in [5.74, 6) is -0.0433. The SMILES string of the molecule is COC1CCN([C@H]2CCC[C@H]2Oc2ccc3c(c2)CN(C2CCC(=O)NC2=O)C3=O)C1. The summed E-state index contributed by atoms with van der Waals surface area (Å²) in [6, 6.07) is 5.41. The Labute approximate surface area is 181 Å². The molecule has 4 aliphatic rings. The van der Waals surface area contributed by atoms with Crippen LogP contribution in [0.1, 0.15) is 54.4 Å². The minimum atomic E-state index is -0.593. The average Bonchev–Trinajstić information content (AvgIpc) is 3.47. The van der Waals surface area contributed by atoms with E-state index in [1.165, 1.54) is 0 Å². The van der Waals surface area contributed by atoms with Gasteiger partial charge in [0.05, 0.1) is 6.10 Å². The molecule has 8 heteroatoms. The average molecular weight is 428 g/mol. The molecular weight excluding hydrogens is 398 g/mol. The van der Waals surface area contributed by atoms with E-state index in [0.717, 1.165) is 50.1 Å². The van der Waals surface area contributed by atoms with Gasteiger partial charge in [-0.25, -0.2) is 0 Å². The van der Waals surface area contributed by atoms with E-state index in [2.05, 4.69) is 10.2 Å². The van der Waals surface area contributed by atoms with Crippen molar-refractivity contribution in [2.45, 2.75) is 69.4 Å². The number of fused-ring (bicyclic) bond motifs is 1.